The van der Waals surface area contributed by atoms with E-state index in [-0.39, 0.29) is 0 Å². The molecule has 3 aromatic rings. The molecule has 0 radical (unpaired) electrons. The Balaban J connectivity index is 1.79. The third kappa shape index (κ3) is 3.76. The number of rotatable bonds is 2. The molecule has 2 atom stereocenters. The molecule has 0 saturated heterocycles. The molecule has 1 amide bonds. The number of benzene rings is 2. The maximum atomic E-state index is 13.8. The second-order valence-corrected chi connectivity index (χ2v) is 9.68. The molecule has 3 heterocycles. The minimum Gasteiger partial charge on any atom is -0.502 e. The standard InChI is InChI=1S/C25H22F3N3O3S/c1-14-6-5-8-16-18(14)12-35-20-9-4-3-7-17(20)21(16)31-13-29(15(2)25(26,27)28)24(34)22-23(33)19(32)10-11-30(22)31/h3-11,15,21,33H,12-13H2,1-2H3/t15-,21+/m1/s1. The van der Waals surface area contributed by atoms with Crippen LogP contribution in [0.5, 0.6) is 5.75 Å². The first-order valence-electron chi connectivity index (χ1n) is 11.0. The zero-order valence-electron chi connectivity index (χ0n) is 18.9. The van der Waals surface area contributed by atoms with E-state index in [1.807, 2.05) is 49.4 Å². The molecule has 0 saturated carbocycles. The summed E-state index contributed by atoms with van der Waals surface area (Å²) in [6, 6.07) is 11.9. The predicted molar refractivity (Wildman–Crippen MR) is 126 cm³/mol. The van der Waals surface area contributed by atoms with Gasteiger partial charge in [0, 0.05) is 22.9 Å². The molecule has 1 aromatic heterocycles. The summed E-state index contributed by atoms with van der Waals surface area (Å²) in [5.41, 5.74) is 2.53. The second kappa shape index (κ2) is 8.37. The molecule has 0 bridgehead atoms. The van der Waals surface area contributed by atoms with Crippen molar-refractivity contribution in [1.29, 1.82) is 0 Å². The van der Waals surface area contributed by atoms with E-state index in [0.717, 1.165) is 40.1 Å². The monoisotopic (exact) mass is 501 g/mol. The van der Waals surface area contributed by atoms with Crippen LogP contribution in [0.3, 0.4) is 0 Å². The highest BCUT2D eigenvalue weighted by atomic mass is 32.2. The zero-order valence-corrected chi connectivity index (χ0v) is 19.7. The molecule has 0 fully saturated rings. The number of halogens is 3. The van der Waals surface area contributed by atoms with Crippen molar-refractivity contribution in [3.63, 3.8) is 0 Å². The van der Waals surface area contributed by atoms with Crippen LogP contribution in [0.2, 0.25) is 0 Å². The maximum Gasteiger partial charge on any atom is 0.408 e. The number of nitrogens with zero attached hydrogens (tertiary/aromatic N) is 3. The molecule has 0 aliphatic carbocycles. The molecule has 2 aromatic carbocycles. The van der Waals surface area contributed by atoms with E-state index in [1.165, 1.54) is 10.9 Å². The Morgan fingerprint density at radius 3 is 2.51 bits per heavy atom. The van der Waals surface area contributed by atoms with E-state index in [4.69, 9.17) is 0 Å². The molecular formula is C25H22F3N3O3S. The average molecular weight is 502 g/mol. The van der Waals surface area contributed by atoms with Gasteiger partial charge in [0.1, 0.15) is 12.7 Å². The van der Waals surface area contributed by atoms with E-state index in [9.17, 15) is 27.9 Å². The Bertz CT molecular complexity index is 1390. The quantitative estimate of drug-likeness (QED) is 0.558. The summed E-state index contributed by atoms with van der Waals surface area (Å²) in [4.78, 5) is 27.0. The van der Waals surface area contributed by atoms with Crippen molar-refractivity contribution in [3.8, 4) is 5.75 Å². The van der Waals surface area contributed by atoms with E-state index in [1.54, 1.807) is 16.8 Å². The van der Waals surface area contributed by atoms with Gasteiger partial charge in [0.05, 0.1) is 6.04 Å². The number of fused-ring (bicyclic) bond motifs is 3. The number of amides is 1. The fourth-order valence-corrected chi connectivity index (χ4v) is 5.91. The SMILES string of the molecule is Cc1cccc2c1CSc1ccccc1[C@H]2N1CN([C@H](C)C(F)(F)F)C(=O)c2c(O)c(=O)ccn21. The molecule has 35 heavy (non-hydrogen) atoms. The van der Waals surface area contributed by atoms with Gasteiger partial charge in [-0.2, -0.15) is 13.2 Å². The largest absolute Gasteiger partial charge is 0.502 e. The Hall–Kier alpha value is -3.40. The molecule has 10 heteroatoms. The maximum absolute atomic E-state index is 13.8. The number of carbonyl (C=O) groups excluding carboxylic acids is 1. The molecule has 182 valence electrons. The van der Waals surface area contributed by atoms with Crippen LogP contribution in [0, 0.1) is 6.92 Å². The number of aromatic nitrogens is 1. The second-order valence-electron chi connectivity index (χ2n) is 8.67. The Morgan fingerprint density at radius 1 is 1.06 bits per heavy atom. The van der Waals surface area contributed by atoms with Gasteiger partial charge in [0.25, 0.3) is 5.91 Å². The highest BCUT2D eigenvalue weighted by molar-refractivity contribution is 7.98. The van der Waals surface area contributed by atoms with Gasteiger partial charge < -0.3 is 10.0 Å². The summed E-state index contributed by atoms with van der Waals surface area (Å²) < 4.78 is 42.7. The molecule has 1 N–H and O–H groups in total. The average Bonchev–Trinajstić information content (AvgIpc) is 2.98. The van der Waals surface area contributed by atoms with Crippen LogP contribution in [0.1, 0.15) is 45.7 Å². The van der Waals surface area contributed by atoms with Gasteiger partial charge >= 0.3 is 6.18 Å². The summed E-state index contributed by atoms with van der Waals surface area (Å²) in [7, 11) is 0. The van der Waals surface area contributed by atoms with Gasteiger partial charge in [-0.25, -0.2) is 0 Å². The van der Waals surface area contributed by atoms with Crippen LogP contribution in [-0.2, 0) is 5.75 Å². The van der Waals surface area contributed by atoms with Gasteiger partial charge in [0.2, 0.25) is 5.43 Å². The first kappa shape index (κ1) is 23.3. The third-order valence-electron chi connectivity index (χ3n) is 6.66. The molecular weight excluding hydrogens is 479 g/mol. The fourth-order valence-electron chi connectivity index (χ4n) is 4.69. The summed E-state index contributed by atoms with van der Waals surface area (Å²) in [5.74, 6) is -1.25. The lowest BCUT2D eigenvalue weighted by Crippen LogP contribution is -2.60. The van der Waals surface area contributed by atoms with Crippen molar-refractivity contribution in [2.45, 2.75) is 42.8 Å². The lowest BCUT2D eigenvalue weighted by Gasteiger charge is -2.46. The lowest BCUT2D eigenvalue weighted by molar-refractivity contribution is -0.173. The number of alkyl halides is 3. The first-order valence-corrected chi connectivity index (χ1v) is 12.0. The smallest absolute Gasteiger partial charge is 0.408 e. The Morgan fingerprint density at radius 2 is 1.77 bits per heavy atom. The van der Waals surface area contributed by atoms with Crippen molar-refractivity contribution in [2.24, 2.45) is 0 Å². The minimum absolute atomic E-state index is 0.397. The van der Waals surface area contributed by atoms with Crippen LogP contribution in [0.25, 0.3) is 0 Å². The predicted octanol–water partition coefficient (Wildman–Crippen LogP) is 4.56. The molecule has 2 aliphatic rings. The number of aryl methyl sites for hydroxylation is 1. The Kier molecular flexibility index (Phi) is 5.58. The van der Waals surface area contributed by atoms with Crippen molar-refractivity contribution < 1.29 is 23.1 Å². The summed E-state index contributed by atoms with van der Waals surface area (Å²) >= 11 is 1.64. The van der Waals surface area contributed by atoms with Gasteiger partial charge in [-0.1, -0.05) is 36.4 Å². The van der Waals surface area contributed by atoms with Gasteiger partial charge in [-0.05, 0) is 42.2 Å². The lowest BCUT2D eigenvalue weighted by atomic mass is 9.92. The van der Waals surface area contributed by atoms with Crippen molar-refractivity contribution in [2.75, 3.05) is 11.7 Å². The van der Waals surface area contributed by atoms with Crippen LogP contribution in [-0.4, -0.2) is 39.5 Å². The first-order chi connectivity index (χ1) is 16.6. The molecule has 6 nitrogen and oxygen atoms in total. The van der Waals surface area contributed by atoms with Crippen LogP contribution < -0.4 is 10.4 Å². The molecule has 5 rings (SSSR count). The highest BCUT2D eigenvalue weighted by Crippen LogP contribution is 2.44. The molecule has 0 spiro atoms. The fraction of sp³-hybridized carbons (Fsp3) is 0.280. The van der Waals surface area contributed by atoms with E-state index in [0.29, 0.717) is 10.7 Å². The Labute approximate surface area is 203 Å². The molecule has 2 aliphatic heterocycles. The van der Waals surface area contributed by atoms with Crippen molar-refractivity contribution >= 4 is 17.7 Å². The number of aromatic hydroxyl groups is 1. The van der Waals surface area contributed by atoms with Gasteiger partial charge in [0.15, 0.2) is 11.4 Å². The number of pyridine rings is 1. The highest BCUT2D eigenvalue weighted by Gasteiger charge is 2.47. The number of hydrogen-bond acceptors (Lipinski definition) is 5. The molecule has 0 unspecified atom stereocenters. The number of thioether (sulfide) groups is 1. The summed E-state index contributed by atoms with van der Waals surface area (Å²) in [5, 5.41) is 12.1. The van der Waals surface area contributed by atoms with E-state index in [2.05, 4.69) is 0 Å². The number of hydrogen-bond donors (Lipinski definition) is 1. The number of carbonyl (C=O) groups is 1. The van der Waals surface area contributed by atoms with Crippen LogP contribution in [0.15, 0.2) is 64.4 Å². The zero-order chi connectivity index (χ0) is 25.1. The van der Waals surface area contributed by atoms with Crippen LogP contribution >= 0.6 is 11.8 Å². The normalized spacial score (nSPS) is 18.4. The van der Waals surface area contributed by atoms with Crippen LogP contribution in [0.4, 0.5) is 13.2 Å². The topological polar surface area (TPSA) is 65.8 Å². The van der Waals surface area contributed by atoms with E-state index >= 15 is 0 Å². The summed E-state index contributed by atoms with van der Waals surface area (Å²) in [6.45, 7) is 2.49. The van der Waals surface area contributed by atoms with Crippen molar-refractivity contribution in [1.82, 2.24) is 9.58 Å². The third-order valence-corrected chi connectivity index (χ3v) is 7.77. The van der Waals surface area contributed by atoms with Gasteiger partial charge in [-0.15, -0.1) is 11.8 Å². The van der Waals surface area contributed by atoms with E-state index < -0.39 is 47.7 Å². The summed E-state index contributed by atoms with van der Waals surface area (Å²) in [6.07, 6.45) is -3.36. The van der Waals surface area contributed by atoms with Gasteiger partial charge in [-0.3, -0.25) is 19.3 Å². The minimum atomic E-state index is -4.69. The van der Waals surface area contributed by atoms with Crippen molar-refractivity contribution in [3.05, 3.63) is 92.9 Å².